The maximum absolute atomic E-state index is 11.0. The molecule has 0 fully saturated rings. The van der Waals surface area contributed by atoms with Crippen LogP contribution in [0.5, 0.6) is 0 Å². The molecule has 0 saturated heterocycles. The molecule has 0 unspecified atom stereocenters. The molecular weight excluding hydrogens is 252 g/mol. The van der Waals surface area contributed by atoms with Crippen LogP contribution in [-0.2, 0) is 19.4 Å². The summed E-state index contributed by atoms with van der Waals surface area (Å²) in [7, 11) is 0. The molecule has 18 heavy (non-hydrogen) atoms. The summed E-state index contributed by atoms with van der Waals surface area (Å²) in [4.78, 5) is 15.4. The monoisotopic (exact) mass is 266 g/mol. The molecule has 0 aliphatic heterocycles. The zero-order valence-corrected chi connectivity index (χ0v) is 11.1. The molecule has 0 aliphatic carbocycles. The van der Waals surface area contributed by atoms with Crippen LogP contribution in [0.15, 0.2) is 5.38 Å². The summed E-state index contributed by atoms with van der Waals surface area (Å²) in [5.41, 5.74) is 1.56. The van der Waals surface area contributed by atoms with Gasteiger partial charge in [0.1, 0.15) is 0 Å². The van der Waals surface area contributed by atoms with Gasteiger partial charge >= 0.3 is 5.97 Å². The lowest BCUT2D eigenvalue weighted by atomic mass is 10.2. The first-order valence-corrected chi connectivity index (χ1v) is 6.62. The maximum Gasteiger partial charge on any atom is 0.358 e. The normalized spacial score (nSPS) is 10.8. The summed E-state index contributed by atoms with van der Waals surface area (Å²) in [6, 6.07) is 0. The third kappa shape index (κ3) is 2.40. The third-order valence-corrected chi connectivity index (χ3v) is 3.63. The van der Waals surface area contributed by atoms with Gasteiger partial charge < -0.3 is 5.11 Å². The molecule has 0 aliphatic rings. The number of aromatic nitrogens is 4. The summed E-state index contributed by atoms with van der Waals surface area (Å²) in [5.74, 6) is -1.04. The smallest absolute Gasteiger partial charge is 0.358 e. The zero-order valence-electron chi connectivity index (χ0n) is 10.3. The minimum atomic E-state index is -1.04. The number of hydrogen-bond donors (Lipinski definition) is 1. The molecule has 1 N–H and O–H groups in total. The van der Waals surface area contributed by atoms with E-state index in [1.807, 2.05) is 12.3 Å². The first kappa shape index (κ1) is 12.7. The fourth-order valence-corrected chi connectivity index (χ4v) is 2.45. The third-order valence-electron chi connectivity index (χ3n) is 2.59. The van der Waals surface area contributed by atoms with Gasteiger partial charge in [-0.3, -0.25) is 0 Å². The van der Waals surface area contributed by atoms with E-state index < -0.39 is 5.97 Å². The molecule has 0 spiro atoms. The maximum atomic E-state index is 11.0. The molecule has 0 aromatic carbocycles. The van der Waals surface area contributed by atoms with Crippen LogP contribution in [0.3, 0.4) is 0 Å². The summed E-state index contributed by atoms with van der Waals surface area (Å²) >= 11 is 1.61. The fraction of sp³-hybridized carbons (Fsp3) is 0.455. The van der Waals surface area contributed by atoms with E-state index in [9.17, 15) is 4.79 Å². The van der Waals surface area contributed by atoms with Gasteiger partial charge in [-0.05, 0) is 12.8 Å². The molecule has 7 heteroatoms. The lowest BCUT2D eigenvalue weighted by Gasteiger charge is -2.02. The number of carbonyl (C=O) groups is 1. The lowest BCUT2D eigenvalue weighted by molar-refractivity contribution is 0.0689. The average molecular weight is 266 g/mol. The zero-order chi connectivity index (χ0) is 13.1. The highest BCUT2D eigenvalue weighted by molar-refractivity contribution is 7.09. The highest BCUT2D eigenvalue weighted by Crippen LogP contribution is 2.13. The van der Waals surface area contributed by atoms with Gasteiger partial charge in [0.05, 0.1) is 22.9 Å². The van der Waals surface area contributed by atoms with Crippen molar-refractivity contribution in [1.82, 2.24) is 20.0 Å². The Bertz CT molecular complexity index is 561. The standard InChI is InChI=1S/C11H14N4O2S/c1-3-8-10(11(16)17)13-14-15(8)5-7-6-18-9(4-2)12-7/h6H,3-5H2,1-2H3,(H,16,17). The minimum Gasteiger partial charge on any atom is -0.476 e. The topological polar surface area (TPSA) is 80.9 Å². The quantitative estimate of drug-likeness (QED) is 0.889. The highest BCUT2D eigenvalue weighted by atomic mass is 32.1. The van der Waals surface area contributed by atoms with Crippen molar-refractivity contribution in [2.45, 2.75) is 33.2 Å². The number of aryl methyl sites for hydroxylation is 1. The van der Waals surface area contributed by atoms with Crippen molar-refractivity contribution >= 4 is 17.3 Å². The Morgan fingerprint density at radius 3 is 2.78 bits per heavy atom. The average Bonchev–Trinajstić information content (AvgIpc) is 2.95. The predicted molar refractivity (Wildman–Crippen MR) is 67.0 cm³/mol. The van der Waals surface area contributed by atoms with Crippen LogP contribution in [0.2, 0.25) is 0 Å². The van der Waals surface area contributed by atoms with Crippen LogP contribution in [0, 0.1) is 0 Å². The van der Waals surface area contributed by atoms with Crippen molar-refractivity contribution in [2.75, 3.05) is 0 Å². The van der Waals surface area contributed by atoms with Crippen molar-refractivity contribution in [1.29, 1.82) is 0 Å². The first-order valence-electron chi connectivity index (χ1n) is 5.74. The van der Waals surface area contributed by atoms with Gasteiger partial charge in [-0.2, -0.15) is 0 Å². The van der Waals surface area contributed by atoms with Gasteiger partial charge in [-0.15, -0.1) is 16.4 Å². The number of carboxylic acid groups (broad SMARTS) is 1. The number of nitrogens with zero attached hydrogens (tertiary/aromatic N) is 4. The molecule has 0 bridgehead atoms. The molecule has 0 radical (unpaired) electrons. The number of aromatic carboxylic acids is 1. The second-order valence-electron chi connectivity index (χ2n) is 3.79. The number of rotatable bonds is 5. The number of carboxylic acids is 1. The number of hydrogen-bond acceptors (Lipinski definition) is 5. The van der Waals surface area contributed by atoms with Crippen LogP contribution in [0.4, 0.5) is 0 Å². The second kappa shape index (κ2) is 5.26. The predicted octanol–water partition coefficient (Wildman–Crippen LogP) is 1.61. The van der Waals surface area contributed by atoms with E-state index in [4.69, 9.17) is 5.11 Å². The van der Waals surface area contributed by atoms with Crippen molar-refractivity contribution in [3.05, 3.63) is 27.5 Å². The van der Waals surface area contributed by atoms with Crippen molar-refractivity contribution in [3.63, 3.8) is 0 Å². The largest absolute Gasteiger partial charge is 0.476 e. The summed E-state index contributed by atoms with van der Waals surface area (Å²) < 4.78 is 1.61. The van der Waals surface area contributed by atoms with Crippen LogP contribution in [0.25, 0.3) is 0 Å². The van der Waals surface area contributed by atoms with Crippen molar-refractivity contribution in [2.24, 2.45) is 0 Å². The SMILES string of the molecule is CCc1nc(Cn2nnc(C(=O)O)c2CC)cs1. The van der Waals surface area contributed by atoms with Crippen LogP contribution in [-0.4, -0.2) is 31.1 Å². The summed E-state index contributed by atoms with van der Waals surface area (Å²) in [6.45, 7) is 4.41. The van der Waals surface area contributed by atoms with Gasteiger partial charge in [0, 0.05) is 5.38 Å². The Morgan fingerprint density at radius 1 is 1.44 bits per heavy atom. The molecule has 0 amide bonds. The van der Waals surface area contributed by atoms with Gasteiger partial charge in [-0.25, -0.2) is 14.5 Å². The van der Waals surface area contributed by atoms with Crippen LogP contribution < -0.4 is 0 Å². The van der Waals surface area contributed by atoms with E-state index in [1.54, 1.807) is 16.0 Å². The Morgan fingerprint density at radius 2 is 2.22 bits per heavy atom. The van der Waals surface area contributed by atoms with Crippen LogP contribution in [0.1, 0.15) is 40.7 Å². The molecule has 2 rings (SSSR count). The lowest BCUT2D eigenvalue weighted by Crippen LogP contribution is -2.08. The molecule has 2 aromatic rings. The van der Waals surface area contributed by atoms with E-state index >= 15 is 0 Å². The molecular formula is C11H14N4O2S. The molecule has 2 aromatic heterocycles. The van der Waals surface area contributed by atoms with Gasteiger partial charge in [0.15, 0.2) is 5.69 Å². The molecule has 2 heterocycles. The Labute approximate surface area is 108 Å². The summed E-state index contributed by atoms with van der Waals surface area (Å²) in [6.07, 6.45) is 1.49. The van der Waals surface area contributed by atoms with E-state index in [0.717, 1.165) is 17.1 Å². The Kier molecular flexibility index (Phi) is 3.71. The fourth-order valence-electron chi connectivity index (χ4n) is 1.71. The van der Waals surface area contributed by atoms with Crippen LogP contribution >= 0.6 is 11.3 Å². The van der Waals surface area contributed by atoms with E-state index in [0.29, 0.717) is 18.7 Å². The van der Waals surface area contributed by atoms with Crippen molar-refractivity contribution in [3.8, 4) is 0 Å². The van der Waals surface area contributed by atoms with E-state index in [1.165, 1.54) is 0 Å². The molecule has 0 atom stereocenters. The van der Waals surface area contributed by atoms with Gasteiger partial charge in [0.25, 0.3) is 0 Å². The molecule has 6 nitrogen and oxygen atoms in total. The molecule has 0 saturated carbocycles. The van der Waals surface area contributed by atoms with E-state index in [-0.39, 0.29) is 5.69 Å². The highest BCUT2D eigenvalue weighted by Gasteiger charge is 2.17. The van der Waals surface area contributed by atoms with Gasteiger partial charge in [0.2, 0.25) is 0 Å². The van der Waals surface area contributed by atoms with Crippen molar-refractivity contribution < 1.29 is 9.90 Å². The second-order valence-corrected chi connectivity index (χ2v) is 4.73. The van der Waals surface area contributed by atoms with Gasteiger partial charge in [-0.1, -0.05) is 19.1 Å². The van der Waals surface area contributed by atoms with E-state index in [2.05, 4.69) is 22.2 Å². The number of thiazole rings is 1. The molecule has 96 valence electrons. The first-order chi connectivity index (χ1) is 8.65. The summed E-state index contributed by atoms with van der Waals surface area (Å²) in [5, 5.41) is 19.6. The minimum absolute atomic E-state index is 0.0310. The Hall–Kier alpha value is -1.76. The Balaban J connectivity index is 2.26.